The maximum atomic E-state index is 6.25. The van der Waals surface area contributed by atoms with Crippen molar-refractivity contribution in [3.8, 4) is 0 Å². The molecule has 6 heteroatoms. The highest BCUT2D eigenvalue weighted by molar-refractivity contribution is 7.09. The van der Waals surface area contributed by atoms with Crippen LogP contribution in [0.1, 0.15) is 23.5 Å². The molecule has 2 aliphatic rings. The summed E-state index contributed by atoms with van der Waals surface area (Å²) in [5.74, 6) is 0. The van der Waals surface area contributed by atoms with Gasteiger partial charge in [0.05, 0.1) is 24.4 Å². The molecule has 0 radical (unpaired) electrons. The molecule has 2 aromatic rings. The van der Waals surface area contributed by atoms with Gasteiger partial charge in [-0.25, -0.2) is 4.98 Å². The largest absolute Gasteiger partial charge is 0.372 e. The molecule has 0 atom stereocenters. The van der Waals surface area contributed by atoms with Crippen molar-refractivity contribution in [3.05, 3.63) is 46.7 Å². The van der Waals surface area contributed by atoms with Gasteiger partial charge in [0, 0.05) is 50.5 Å². The number of morpholine rings is 1. The summed E-state index contributed by atoms with van der Waals surface area (Å²) >= 11 is 1.74. The fourth-order valence-corrected chi connectivity index (χ4v) is 4.38. The molecule has 0 saturated carbocycles. The molecule has 2 saturated heterocycles. The predicted octanol–water partition coefficient (Wildman–Crippen LogP) is 2.41. The van der Waals surface area contributed by atoms with E-state index in [1.165, 1.54) is 5.01 Å². The van der Waals surface area contributed by atoms with Crippen molar-refractivity contribution in [1.29, 1.82) is 0 Å². The highest BCUT2D eigenvalue weighted by Gasteiger charge is 2.39. The average Bonchev–Trinajstić information content (AvgIpc) is 3.11. The van der Waals surface area contributed by atoms with Gasteiger partial charge in [0.1, 0.15) is 5.01 Å². The lowest BCUT2D eigenvalue weighted by molar-refractivity contribution is -0.138. The summed E-state index contributed by atoms with van der Waals surface area (Å²) in [5.41, 5.74) is 1.19. The molecular weight excluding hydrogens is 320 g/mol. The molecule has 0 aliphatic carbocycles. The number of likely N-dealkylation sites (tertiary alicyclic amines) is 1. The van der Waals surface area contributed by atoms with Gasteiger partial charge in [0.25, 0.3) is 0 Å². The number of thiazole rings is 1. The number of rotatable bonds is 4. The number of pyridine rings is 1. The van der Waals surface area contributed by atoms with Crippen LogP contribution < -0.4 is 0 Å². The highest BCUT2D eigenvalue weighted by atomic mass is 32.1. The predicted molar refractivity (Wildman–Crippen MR) is 94.8 cm³/mol. The van der Waals surface area contributed by atoms with E-state index in [1.807, 2.05) is 18.5 Å². The Balaban J connectivity index is 1.32. The van der Waals surface area contributed by atoms with Crippen LogP contribution in [0.4, 0.5) is 0 Å². The van der Waals surface area contributed by atoms with Crippen molar-refractivity contribution in [1.82, 2.24) is 19.8 Å². The first-order valence-corrected chi connectivity index (χ1v) is 9.56. The minimum atomic E-state index is 0.0378. The Hall–Kier alpha value is -1.34. The maximum Gasteiger partial charge on any atom is 0.107 e. The molecule has 0 aromatic carbocycles. The summed E-state index contributed by atoms with van der Waals surface area (Å²) in [6.07, 6.45) is 5.98. The van der Waals surface area contributed by atoms with Gasteiger partial charge in [-0.05, 0) is 25.0 Å². The van der Waals surface area contributed by atoms with Crippen molar-refractivity contribution in [3.63, 3.8) is 0 Å². The second-order valence-electron chi connectivity index (χ2n) is 6.77. The highest BCUT2D eigenvalue weighted by Crippen LogP contribution is 2.31. The molecule has 0 bridgehead atoms. The van der Waals surface area contributed by atoms with Crippen LogP contribution in [0, 0.1) is 0 Å². The molecule has 0 N–H and O–H groups in total. The Morgan fingerprint density at radius 3 is 2.71 bits per heavy atom. The average molecular weight is 344 g/mol. The van der Waals surface area contributed by atoms with Gasteiger partial charge in [-0.3, -0.25) is 14.8 Å². The van der Waals surface area contributed by atoms with Crippen molar-refractivity contribution in [2.45, 2.75) is 31.5 Å². The maximum absolute atomic E-state index is 6.25. The van der Waals surface area contributed by atoms with Crippen LogP contribution in [0.15, 0.2) is 36.0 Å². The van der Waals surface area contributed by atoms with Gasteiger partial charge < -0.3 is 4.74 Å². The summed E-state index contributed by atoms with van der Waals surface area (Å²) in [7, 11) is 0. The lowest BCUT2D eigenvalue weighted by Gasteiger charge is -2.47. The number of aromatic nitrogens is 2. The normalized spacial score (nSPS) is 22.0. The van der Waals surface area contributed by atoms with Gasteiger partial charge in [-0.2, -0.15) is 0 Å². The van der Waals surface area contributed by atoms with Gasteiger partial charge in [0.15, 0.2) is 0 Å². The van der Waals surface area contributed by atoms with Crippen LogP contribution in [0.5, 0.6) is 0 Å². The Morgan fingerprint density at radius 2 is 1.96 bits per heavy atom. The molecule has 1 spiro atoms. The number of hydrogen-bond acceptors (Lipinski definition) is 6. The second-order valence-corrected chi connectivity index (χ2v) is 7.74. The third-order valence-corrected chi connectivity index (χ3v) is 5.81. The zero-order valence-corrected chi connectivity index (χ0v) is 14.7. The van der Waals surface area contributed by atoms with E-state index >= 15 is 0 Å². The van der Waals surface area contributed by atoms with Crippen LogP contribution in [-0.2, 0) is 17.8 Å². The smallest absolute Gasteiger partial charge is 0.107 e. The standard InChI is InChI=1S/C18H24N4OS/c1-2-6-19-16(3-1)13-21-8-4-18(5-9-21)15-22(10-11-23-18)14-17-20-7-12-24-17/h1-3,6-7,12H,4-5,8-11,13-15H2. The second kappa shape index (κ2) is 7.27. The molecule has 0 unspecified atom stereocenters. The number of hydrogen-bond donors (Lipinski definition) is 0. The minimum absolute atomic E-state index is 0.0378. The molecule has 2 fully saturated rings. The van der Waals surface area contributed by atoms with E-state index in [-0.39, 0.29) is 5.60 Å². The summed E-state index contributed by atoms with van der Waals surface area (Å²) in [4.78, 5) is 13.9. The third-order valence-electron chi connectivity index (χ3n) is 5.05. The molecule has 5 nitrogen and oxygen atoms in total. The molecule has 2 aliphatic heterocycles. The molecule has 2 aromatic heterocycles. The first-order valence-electron chi connectivity index (χ1n) is 8.68. The lowest BCUT2D eigenvalue weighted by Crippen LogP contribution is -2.56. The van der Waals surface area contributed by atoms with Crippen molar-refractivity contribution in [2.75, 3.05) is 32.8 Å². The van der Waals surface area contributed by atoms with E-state index in [0.717, 1.165) is 64.4 Å². The zero-order valence-electron chi connectivity index (χ0n) is 13.9. The minimum Gasteiger partial charge on any atom is -0.372 e. The molecule has 4 rings (SSSR count). The third kappa shape index (κ3) is 3.83. The number of nitrogens with zero attached hydrogens (tertiary/aromatic N) is 4. The van der Waals surface area contributed by atoms with E-state index in [1.54, 1.807) is 11.3 Å². The monoisotopic (exact) mass is 344 g/mol. The van der Waals surface area contributed by atoms with Crippen LogP contribution >= 0.6 is 11.3 Å². The first-order chi connectivity index (χ1) is 11.8. The van der Waals surface area contributed by atoms with Crippen LogP contribution in [-0.4, -0.2) is 58.2 Å². The van der Waals surface area contributed by atoms with Crippen molar-refractivity contribution < 1.29 is 4.74 Å². The Morgan fingerprint density at radius 1 is 1.04 bits per heavy atom. The Kier molecular flexibility index (Phi) is 4.89. The zero-order chi connectivity index (χ0) is 16.2. The summed E-state index contributed by atoms with van der Waals surface area (Å²) < 4.78 is 6.25. The molecule has 0 amide bonds. The molecule has 4 heterocycles. The van der Waals surface area contributed by atoms with Gasteiger partial charge in [-0.1, -0.05) is 6.07 Å². The van der Waals surface area contributed by atoms with Crippen LogP contribution in [0.25, 0.3) is 0 Å². The SMILES string of the molecule is c1ccc(CN2CCC3(CC2)CN(Cc2nccs2)CCO3)nc1. The fourth-order valence-electron chi connectivity index (χ4n) is 3.72. The van der Waals surface area contributed by atoms with Crippen molar-refractivity contribution in [2.24, 2.45) is 0 Å². The van der Waals surface area contributed by atoms with E-state index in [2.05, 4.69) is 37.3 Å². The van der Waals surface area contributed by atoms with Gasteiger partial charge >= 0.3 is 0 Å². The fraction of sp³-hybridized carbons (Fsp3) is 0.556. The summed E-state index contributed by atoms with van der Waals surface area (Å²) in [5, 5.41) is 3.27. The molecule has 128 valence electrons. The topological polar surface area (TPSA) is 41.5 Å². The van der Waals surface area contributed by atoms with Gasteiger partial charge in [-0.15, -0.1) is 11.3 Å². The van der Waals surface area contributed by atoms with E-state index in [0.29, 0.717) is 0 Å². The Labute approximate surface area is 147 Å². The summed E-state index contributed by atoms with van der Waals surface area (Å²) in [6, 6.07) is 6.15. The van der Waals surface area contributed by atoms with Crippen molar-refractivity contribution >= 4 is 11.3 Å². The molecule has 24 heavy (non-hydrogen) atoms. The lowest BCUT2D eigenvalue weighted by atomic mass is 9.89. The quantitative estimate of drug-likeness (QED) is 0.852. The van der Waals surface area contributed by atoms with Crippen LogP contribution in [0.3, 0.4) is 0 Å². The summed E-state index contributed by atoms with van der Waals surface area (Å²) in [6.45, 7) is 6.96. The molecular formula is C18H24N4OS. The van der Waals surface area contributed by atoms with Crippen LogP contribution in [0.2, 0.25) is 0 Å². The number of ether oxygens (including phenoxy) is 1. The Bertz CT molecular complexity index is 626. The van der Waals surface area contributed by atoms with E-state index in [4.69, 9.17) is 4.74 Å². The van der Waals surface area contributed by atoms with Gasteiger partial charge in [0.2, 0.25) is 0 Å². The van der Waals surface area contributed by atoms with E-state index in [9.17, 15) is 0 Å². The number of piperidine rings is 1. The van der Waals surface area contributed by atoms with E-state index < -0.39 is 0 Å². The first kappa shape index (κ1) is 16.1.